The van der Waals surface area contributed by atoms with Gasteiger partial charge in [0.05, 0.1) is 17.2 Å². The van der Waals surface area contributed by atoms with Crippen molar-refractivity contribution < 1.29 is 9.53 Å². The first-order valence-corrected chi connectivity index (χ1v) is 9.64. The van der Waals surface area contributed by atoms with E-state index >= 15 is 0 Å². The van der Waals surface area contributed by atoms with E-state index in [9.17, 15) is 4.79 Å². The van der Waals surface area contributed by atoms with Crippen LogP contribution >= 0.6 is 11.6 Å². The molecule has 4 nitrogen and oxygen atoms in total. The van der Waals surface area contributed by atoms with Crippen molar-refractivity contribution in [1.29, 1.82) is 0 Å². The summed E-state index contributed by atoms with van der Waals surface area (Å²) in [6, 6.07) is 5.31. The molecule has 1 fully saturated rings. The van der Waals surface area contributed by atoms with Gasteiger partial charge in [0.1, 0.15) is 5.75 Å². The van der Waals surface area contributed by atoms with Crippen molar-refractivity contribution in [3.05, 3.63) is 28.8 Å². The van der Waals surface area contributed by atoms with Crippen LogP contribution in [0, 0.1) is 17.8 Å². The number of nitrogens with zero attached hydrogens (tertiary/aromatic N) is 1. The lowest BCUT2D eigenvalue weighted by molar-refractivity contribution is 0.0827. The van der Waals surface area contributed by atoms with E-state index < -0.39 is 0 Å². The van der Waals surface area contributed by atoms with Gasteiger partial charge in [0, 0.05) is 14.1 Å². The van der Waals surface area contributed by atoms with Crippen LogP contribution in [0.4, 0.5) is 0 Å². The third-order valence-electron chi connectivity index (χ3n) is 5.21. The van der Waals surface area contributed by atoms with E-state index in [1.165, 1.54) is 24.2 Å². The number of halogens is 1. The van der Waals surface area contributed by atoms with Crippen LogP contribution in [0.15, 0.2) is 18.2 Å². The second-order valence-electron chi connectivity index (χ2n) is 7.20. The lowest BCUT2D eigenvalue weighted by Crippen LogP contribution is -2.21. The van der Waals surface area contributed by atoms with Crippen molar-refractivity contribution in [1.82, 2.24) is 10.2 Å². The Labute approximate surface area is 156 Å². The Balaban J connectivity index is 1.77. The summed E-state index contributed by atoms with van der Waals surface area (Å²) in [5.74, 6) is 3.14. The summed E-state index contributed by atoms with van der Waals surface area (Å²) in [4.78, 5) is 13.5. The molecule has 5 heteroatoms. The van der Waals surface area contributed by atoms with E-state index in [4.69, 9.17) is 16.3 Å². The summed E-state index contributed by atoms with van der Waals surface area (Å²) < 4.78 is 5.85. The zero-order chi connectivity index (χ0) is 18.4. The lowest BCUT2D eigenvalue weighted by atomic mass is 9.95. The number of rotatable bonds is 10. The zero-order valence-electron chi connectivity index (χ0n) is 15.8. The first kappa shape index (κ1) is 20.1. The van der Waals surface area contributed by atoms with Gasteiger partial charge in [-0.3, -0.25) is 4.79 Å². The Bertz CT molecular complexity index is 577. The van der Waals surface area contributed by atoms with E-state index in [0.29, 0.717) is 17.2 Å². The highest BCUT2D eigenvalue weighted by Crippen LogP contribution is 2.48. The number of hydrogen-bond donors (Lipinski definition) is 1. The van der Waals surface area contributed by atoms with Crippen LogP contribution in [0.25, 0.3) is 0 Å². The molecule has 2 rings (SSSR count). The molecule has 25 heavy (non-hydrogen) atoms. The highest BCUT2D eigenvalue weighted by atomic mass is 35.5. The van der Waals surface area contributed by atoms with Crippen LogP contribution in [0.5, 0.6) is 5.75 Å². The highest BCUT2D eigenvalue weighted by molar-refractivity contribution is 6.34. The second-order valence-corrected chi connectivity index (χ2v) is 7.61. The van der Waals surface area contributed by atoms with Crippen molar-refractivity contribution in [3.63, 3.8) is 0 Å². The number of nitrogens with one attached hydrogen (secondary N) is 1. The zero-order valence-corrected chi connectivity index (χ0v) is 16.6. The molecule has 1 saturated carbocycles. The molecule has 0 bridgehead atoms. The highest BCUT2D eigenvalue weighted by Gasteiger charge is 2.41. The van der Waals surface area contributed by atoms with Crippen LogP contribution in [-0.4, -0.2) is 45.1 Å². The standard InChI is InChI=1S/C20H31ClN2O2/c1-5-14(8-10-22-2)18-12-15(18)9-11-25-16-6-7-17(19(21)13-16)20(24)23(3)4/h6-7,13-15,18,22H,5,8-12H2,1-4H3. The molecule has 1 aromatic rings. The van der Waals surface area contributed by atoms with Crippen molar-refractivity contribution >= 4 is 17.5 Å². The Morgan fingerprint density at radius 1 is 1.44 bits per heavy atom. The summed E-state index contributed by atoms with van der Waals surface area (Å²) in [7, 11) is 5.46. The largest absolute Gasteiger partial charge is 0.494 e. The topological polar surface area (TPSA) is 41.6 Å². The maximum absolute atomic E-state index is 12.0. The van der Waals surface area contributed by atoms with Gasteiger partial charge in [0.25, 0.3) is 5.91 Å². The van der Waals surface area contributed by atoms with Gasteiger partial charge in [-0.2, -0.15) is 0 Å². The lowest BCUT2D eigenvalue weighted by Gasteiger charge is -2.15. The van der Waals surface area contributed by atoms with Crippen LogP contribution in [-0.2, 0) is 0 Å². The smallest absolute Gasteiger partial charge is 0.254 e. The molecule has 3 atom stereocenters. The average Bonchev–Trinajstić information content (AvgIpc) is 3.34. The van der Waals surface area contributed by atoms with Gasteiger partial charge < -0.3 is 15.0 Å². The van der Waals surface area contributed by atoms with Gasteiger partial charge in [-0.05, 0) is 68.8 Å². The Hall–Kier alpha value is -1.26. The van der Waals surface area contributed by atoms with Gasteiger partial charge in [-0.1, -0.05) is 24.9 Å². The van der Waals surface area contributed by atoms with Gasteiger partial charge in [0.2, 0.25) is 0 Å². The number of hydrogen-bond acceptors (Lipinski definition) is 3. The number of amides is 1. The van der Waals surface area contributed by atoms with E-state index in [1.54, 1.807) is 26.2 Å². The summed E-state index contributed by atoms with van der Waals surface area (Å²) in [6.45, 7) is 4.11. The summed E-state index contributed by atoms with van der Waals surface area (Å²) in [6.07, 6.45) is 4.96. The molecule has 1 N–H and O–H groups in total. The first-order chi connectivity index (χ1) is 12.0. The third kappa shape index (κ3) is 5.61. The minimum absolute atomic E-state index is 0.0930. The molecule has 1 aromatic carbocycles. The van der Waals surface area contributed by atoms with Gasteiger partial charge >= 0.3 is 0 Å². The molecular weight excluding hydrogens is 336 g/mol. The SMILES string of the molecule is CCC(CCNC)C1CC1CCOc1ccc(C(=O)N(C)C)c(Cl)c1. The third-order valence-corrected chi connectivity index (χ3v) is 5.52. The van der Waals surface area contributed by atoms with Crippen molar-refractivity contribution in [3.8, 4) is 5.75 Å². The predicted octanol–water partition coefficient (Wildman–Crippen LogP) is 4.08. The van der Waals surface area contributed by atoms with Crippen LogP contribution in [0.1, 0.15) is 43.0 Å². The normalized spacial score (nSPS) is 20.2. The Morgan fingerprint density at radius 2 is 2.20 bits per heavy atom. The molecule has 3 unspecified atom stereocenters. The monoisotopic (exact) mass is 366 g/mol. The summed E-state index contributed by atoms with van der Waals surface area (Å²) in [5, 5.41) is 3.70. The molecule has 0 saturated heterocycles. The molecule has 0 heterocycles. The fourth-order valence-corrected chi connectivity index (χ4v) is 3.81. The van der Waals surface area contributed by atoms with Gasteiger partial charge in [-0.15, -0.1) is 0 Å². The fraction of sp³-hybridized carbons (Fsp3) is 0.650. The van der Waals surface area contributed by atoms with Crippen LogP contribution in [0.3, 0.4) is 0 Å². The van der Waals surface area contributed by atoms with Crippen LogP contribution in [0.2, 0.25) is 5.02 Å². The van der Waals surface area contributed by atoms with E-state index in [-0.39, 0.29) is 5.91 Å². The van der Waals surface area contributed by atoms with E-state index in [0.717, 1.165) is 36.5 Å². The minimum Gasteiger partial charge on any atom is -0.494 e. The molecule has 140 valence electrons. The fourth-order valence-electron chi connectivity index (χ4n) is 3.56. The van der Waals surface area contributed by atoms with E-state index in [2.05, 4.69) is 12.2 Å². The number of carbonyl (C=O) groups is 1. The summed E-state index contributed by atoms with van der Waals surface area (Å²) >= 11 is 6.22. The molecular formula is C20H31ClN2O2. The van der Waals surface area contributed by atoms with Crippen molar-refractivity contribution in [2.24, 2.45) is 17.8 Å². The molecule has 1 amide bonds. The Morgan fingerprint density at radius 3 is 2.80 bits per heavy atom. The Kier molecular flexibility index (Phi) is 7.57. The van der Waals surface area contributed by atoms with Crippen molar-refractivity contribution in [2.45, 2.75) is 32.6 Å². The molecule has 0 radical (unpaired) electrons. The molecule has 1 aliphatic rings. The average molecular weight is 367 g/mol. The minimum atomic E-state index is -0.0930. The second kappa shape index (κ2) is 9.44. The van der Waals surface area contributed by atoms with Gasteiger partial charge in [-0.25, -0.2) is 0 Å². The summed E-state index contributed by atoms with van der Waals surface area (Å²) in [5.41, 5.74) is 0.511. The quantitative estimate of drug-likeness (QED) is 0.678. The number of carbonyl (C=O) groups excluding carboxylic acids is 1. The molecule has 0 aliphatic heterocycles. The van der Waals surface area contributed by atoms with Gasteiger partial charge in [0.15, 0.2) is 0 Å². The number of benzene rings is 1. The van der Waals surface area contributed by atoms with E-state index in [1.807, 2.05) is 13.1 Å². The molecule has 1 aliphatic carbocycles. The maximum atomic E-state index is 12.0. The molecule has 0 spiro atoms. The van der Waals surface area contributed by atoms with Crippen molar-refractivity contribution in [2.75, 3.05) is 34.3 Å². The number of ether oxygens (including phenoxy) is 1. The predicted molar refractivity (Wildman–Crippen MR) is 104 cm³/mol. The molecule has 0 aromatic heterocycles. The first-order valence-electron chi connectivity index (χ1n) is 9.26. The van der Waals surface area contributed by atoms with Crippen LogP contribution < -0.4 is 10.1 Å². The maximum Gasteiger partial charge on any atom is 0.254 e.